The van der Waals surface area contributed by atoms with Gasteiger partial charge >= 0.3 is 0 Å². The smallest absolute Gasteiger partial charge is 0.273 e. The lowest BCUT2D eigenvalue weighted by atomic mass is 9.97. The highest BCUT2D eigenvalue weighted by molar-refractivity contribution is 6.32. The van der Waals surface area contributed by atoms with Gasteiger partial charge in [-0.2, -0.15) is 0 Å². The van der Waals surface area contributed by atoms with Gasteiger partial charge < -0.3 is 25.3 Å². The van der Waals surface area contributed by atoms with Crippen LogP contribution in [-0.4, -0.2) is 88.4 Å². The molecular weight excluding hydrogens is 520 g/mol. The van der Waals surface area contributed by atoms with E-state index in [1.165, 1.54) is 13.4 Å². The first-order valence-corrected chi connectivity index (χ1v) is 13.6. The molecule has 0 saturated carbocycles. The van der Waals surface area contributed by atoms with Gasteiger partial charge in [-0.1, -0.05) is 30.7 Å². The van der Waals surface area contributed by atoms with Crippen molar-refractivity contribution in [1.29, 1.82) is 0 Å². The average molecular weight is 553 g/mol. The van der Waals surface area contributed by atoms with E-state index in [0.717, 1.165) is 57.5 Å². The van der Waals surface area contributed by atoms with Crippen LogP contribution in [0.1, 0.15) is 47.0 Å². The Bertz CT molecular complexity index is 1310. The van der Waals surface area contributed by atoms with Crippen molar-refractivity contribution in [2.45, 2.75) is 38.3 Å². The van der Waals surface area contributed by atoms with Crippen molar-refractivity contribution in [2.75, 3.05) is 50.4 Å². The Morgan fingerprint density at radius 2 is 1.87 bits per heavy atom. The van der Waals surface area contributed by atoms with Gasteiger partial charge in [-0.05, 0) is 31.4 Å². The molecule has 0 aliphatic carbocycles. The number of nitrogen functional groups attached to an aromatic ring is 1. The molecule has 12 heteroatoms. The molecule has 1 atom stereocenters. The minimum Gasteiger partial charge on any atom is -0.444 e. The highest BCUT2D eigenvalue weighted by atomic mass is 35.5. The maximum Gasteiger partial charge on any atom is 0.273 e. The quantitative estimate of drug-likeness (QED) is 0.473. The van der Waals surface area contributed by atoms with Crippen molar-refractivity contribution in [1.82, 2.24) is 30.1 Å². The monoisotopic (exact) mass is 552 g/mol. The molecule has 4 heterocycles. The number of piperazine rings is 1. The van der Waals surface area contributed by atoms with Gasteiger partial charge in [0.2, 0.25) is 0 Å². The fraction of sp³-hybridized carbons (Fsp3) is 0.444. The number of carbonyl (C=O) groups is 2. The Hall–Kier alpha value is -3.70. The van der Waals surface area contributed by atoms with E-state index >= 15 is 0 Å². The summed E-state index contributed by atoms with van der Waals surface area (Å²) in [5.41, 5.74) is 7.63. The lowest BCUT2D eigenvalue weighted by Gasteiger charge is -2.47. The van der Waals surface area contributed by atoms with Crippen molar-refractivity contribution in [3.05, 3.63) is 53.3 Å². The van der Waals surface area contributed by atoms with Gasteiger partial charge in [-0.15, -0.1) is 0 Å². The second kappa shape index (κ2) is 11.6. The SMILES string of the molecule is CC[C@H]1CN(c2nc(N)c(C(=O)NC)nc2Cl)CCN1C1CCN(C(=O)c2ccc(-c3cnco3)cc2)CC1. The van der Waals surface area contributed by atoms with Gasteiger partial charge in [0, 0.05) is 63.0 Å². The molecule has 11 nitrogen and oxygen atoms in total. The Morgan fingerprint density at radius 1 is 1.13 bits per heavy atom. The van der Waals surface area contributed by atoms with Crippen LogP contribution in [0.3, 0.4) is 0 Å². The minimum atomic E-state index is -0.419. The summed E-state index contributed by atoms with van der Waals surface area (Å²) in [6, 6.07) is 8.18. The van der Waals surface area contributed by atoms with Crippen molar-refractivity contribution >= 4 is 35.1 Å². The highest BCUT2D eigenvalue weighted by Gasteiger charge is 2.35. The fourth-order valence-corrected chi connectivity index (χ4v) is 5.78. The first kappa shape index (κ1) is 26.9. The number of likely N-dealkylation sites (tertiary alicyclic amines) is 1. The second-order valence-electron chi connectivity index (χ2n) is 9.86. The maximum absolute atomic E-state index is 13.2. The van der Waals surface area contributed by atoms with Crippen molar-refractivity contribution in [3.63, 3.8) is 0 Å². The van der Waals surface area contributed by atoms with Gasteiger partial charge in [0.1, 0.15) is 0 Å². The Labute approximate surface area is 232 Å². The molecule has 0 unspecified atom stereocenters. The van der Waals surface area contributed by atoms with E-state index in [1.807, 2.05) is 29.2 Å². The molecule has 39 heavy (non-hydrogen) atoms. The summed E-state index contributed by atoms with van der Waals surface area (Å²) in [4.78, 5) is 44.3. The highest BCUT2D eigenvalue weighted by Crippen LogP contribution is 2.30. The first-order chi connectivity index (χ1) is 18.9. The van der Waals surface area contributed by atoms with E-state index in [2.05, 4.69) is 37.0 Å². The number of anilines is 2. The lowest BCUT2D eigenvalue weighted by Crippen LogP contribution is -2.58. The van der Waals surface area contributed by atoms with E-state index in [1.54, 1.807) is 6.20 Å². The molecule has 5 rings (SSSR count). The number of carbonyl (C=O) groups excluding carboxylic acids is 2. The number of amides is 2. The summed E-state index contributed by atoms with van der Waals surface area (Å²) in [7, 11) is 1.51. The molecule has 0 radical (unpaired) electrons. The zero-order valence-electron chi connectivity index (χ0n) is 22.1. The van der Waals surface area contributed by atoms with Gasteiger partial charge in [0.15, 0.2) is 34.6 Å². The van der Waals surface area contributed by atoms with Crippen LogP contribution in [-0.2, 0) is 0 Å². The summed E-state index contributed by atoms with van der Waals surface area (Å²) in [6.45, 7) is 5.92. The molecule has 3 aromatic rings. The Kier molecular flexibility index (Phi) is 7.99. The Morgan fingerprint density at radius 3 is 2.51 bits per heavy atom. The van der Waals surface area contributed by atoms with Crippen LogP contribution in [0.25, 0.3) is 11.3 Å². The number of piperidine rings is 1. The van der Waals surface area contributed by atoms with Crippen LogP contribution >= 0.6 is 11.6 Å². The average Bonchev–Trinajstić information content (AvgIpc) is 3.52. The third-order valence-corrected chi connectivity index (χ3v) is 7.93. The number of benzene rings is 1. The van der Waals surface area contributed by atoms with Crippen LogP contribution in [0.5, 0.6) is 0 Å². The molecule has 2 saturated heterocycles. The van der Waals surface area contributed by atoms with Crippen LogP contribution in [0.4, 0.5) is 11.6 Å². The minimum absolute atomic E-state index is 0.0315. The van der Waals surface area contributed by atoms with Gasteiger partial charge in [-0.3, -0.25) is 14.5 Å². The molecule has 0 bridgehead atoms. The molecule has 2 fully saturated rings. The van der Waals surface area contributed by atoms with E-state index in [0.29, 0.717) is 29.2 Å². The van der Waals surface area contributed by atoms with Gasteiger partial charge in [0.05, 0.1) is 6.20 Å². The van der Waals surface area contributed by atoms with Crippen LogP contribution < -0.4 is 16.0 Å². The molecular formula is C27H33ClN8O3. The number of nitrogens with two attached hydrogens (primary N) is 1. The van der Waals surface area contributed by atoms with E-state index < -0.39 is 5.91 Å². The molecule has 2 aliphatic rings. The summed E-state index contributed by atoms with van der Waals surface area (Å²) < 4.78 is 5.34. The maximum atomic E-state index is 13.2. The molecule has 0 spiro atoms. The Balaban J connectivity index is 1.19. The number of oxazole rings is 1. The lowest BCUT2D eigenvalue weighted by molar-refractivity contribution is 0.0490. The number of hydrogen-bond donors (Lipinski definition) is 2. The van der Waals surface area contributed by atoms with Crippen molar-refractivity contribution in [3.8, 4) is 11.3 Å². The van der Waals surface area contributed by atoms with E-state index in [-0.39, 0.29) is 22.6 Å². The van der Waals surface area contributed by atoms with Crippen LogP contribution in [0.15, 0.2) is 41.3 Å². The summed E-state index contributed by atoms with van der Waals surface area (Å²) >= 11 is 6.43. The number of halogens is 1. The third kappa shape index (κ3) is 5.55. The molecule has 3 N–H and O–H groups in total. The molecule has 1 aromatic carbocycles. The van der Waals surface area contributed by atoms with Gasteiger partial charge in [-0.25, -0.2) is 15.0 Å². The molecule has 2 amide bonds. The molecule has 206 valence electrons. The predicted octanol–water partition coefficient (Wildman–Crippen LogP) is 2.93. The third-order valence-electron chi connectivity index (χ3n) is 7.67. The topological polar surface area (TPSA) is 134 Å². The zero-order chi connectivity index (χ0) is 27.5. The van der Waals surface area contributed by atoms with E-state index in [9.17, 15) is 9.59 Å². The number of nitrogens with one attached hydrogen (secondary N) is 1. The van der Waals surface area contributed by atoms with Crippen LogP contribution in [0, 0.1) is 0 Å². The summed E-state index contributed by atoms with van der Waals surface area (Å²) in [6.07, 6.45) is 5.86. The fourth-order valence-electron chi connectivity index (χ4n) is 5.53. The molecule has 2 aliphatic heterocycles. The number of aromatic nitrogens is 3. The summed E-state index contributed by atoms with van der Waals surface area (Å²) in [5.74, 6) is 0.890. The molecule has 2 aromatic heterocycles. The van der Waals surface area contributed by atoms with E-state index in [4.69, 9.17) is 21.8 Å². The van der Waals surface area contributed by atoms with Crippen molar-refractivity contribution < 1.29 is 14.0 Å². The van der Waals surface area contributed by atoms with Gasteiger partial charge in [0.25, 0.3) is 11.8 Å². The second-order valence-corrected chi connectivity index (χ2v) is 10.2. The standard InChI is InChI=1S/C27H33ClN8O3/c1-3-19-15-35(25-23(28)32-22(24(29)33-25)26(37)30-2)12-13-36(19)20-8-10-34(11-9-20)27(38)18-6-4-17(5-7-18)21-14-31-16-39-21/h4-7,14,16,19-20H,3,8-13,15H2,1-2H3,(H2,29,33)(H,30,37)/t19-/m0/s1. The summed E-state index contributed by atoms with van der Waals surface area (Å²) in [5, 5.41) is 2.68. The number of hydrogen-bond acceptors (Lipinski definition) is 9. The van der Waals surface area contributed by atoms with Crippen molar-refractivity contribution in [2.24, 2.45) is 0 Å². The largest absolute Gasteiger partial charge is 0.444 e. The predicted molar refractivity (Wildman–Crippen MR) is 149 cm³/mol. The number of rotatable bonds is 6. The normalized spacial score (nSPS) is 18.8. The van der Waals surface area contributed by atoms with Crippen LogP contribution in [0.2, 0.25) is 5.15 Å². The number of nitrogens with zero attached hydrogens (tertiary/aromatic N) is 6. The zero-order valence-corrected chi connectivity index (χ0v) is 22.9. The first-order valence-electron chi connectivity index (χ1n) is 13.2.